The first-order chi connectivity index (χ1) is 45.5. The summed E-state index contributed by atoms with van der Waals surface area (Å²) < 4.78 is 5.49. The summed E-state index contributed by atoms with van der Waals surface area (Å²) in [5.74, 6) is -0.0488. The molecule has 0 aliphatic rings. The van der Waals surface area contributed by atoms with Gasteiger partial charge in [-0.1, -0.05) is 409 Å². The number of allylic oxidation sites excluding steroid dienone is 7. The molecule has 1 amide bonds. The Morgan fingerprint density at radius 3 is 0.848 bits per heavy atom. The molecule has 0 aliphatic heterocycles. The Hall–Kier alpha value is -2.18. The highest BCUT2D eigenvalue weighted by atomic mass is 16.5. The maximum atomic E-state index is 12.6. The topological polar surface area (TPSA) is 95.9 Å². The van der Waals surface area contributed by atoms with Gasteiger partial charge in [0.25, 0.3) is 0 Å². The summed E-state index contributed by atoms with van der Waals surface area (Å²) in [7, 11) is 0. The summed E-state index contributed by atoms with van der Waals surface area (Å²) in [5, 5.41) is 23.3. The molecular formula is C86H163NO5. The van der Waals surface area contributed by atoms with E-state index >= 15 is 0 Å². The number of unbranched alkanes of at least 4 members (excludes halogenated alkanes) is 62. The highest BCUT2D eigenvalue weighted by Crippen LogP contribution is 2.20. The Bertz CT molecular complexity index is 1540. The summed E-state index contributed by atoms with van der Waals surface area (Å²) in [5.41, 5.74) is 0. The number of hydrogen-bond donors (Lipinski definition) is 3. The molecule has 2 unspecified atom stereocenters. The molecule has 542 valence electrons. The maximum absolute atomic E-state index is 12.6. The molecule has 6 heteroatoms. The molecule has 0 rings (SSSR count). The van der Waals surface area contributed by atoms with E-state index in [9.17, 15) is 19.8 Å². The van der Waals surface area contributed by atoms with E-state index in [1.165, 1.54) is 385 Å². The Morgan fingerprint density at radius 1 is 0.304 bits per heavy atom. The van der Waals surface area contributed by atoms with Crippen molar-refractivity contribution in [3.05, 3.63) is 48.6 Å². The van der Waals surface area contributed by atoms with Crippen LogP contribution in [0.3, 0.4) is 0 Å². The number of carbonyl (C=O) groups excluding carboxylic acids is 2. The second-order valence-electron chi connectivity index (χ2n) is 28.8. The highest BCUT2D eigenvalue weighted by Gasteiger charge is 2.18. The van der Waals surface area contributed by atoms with Gasteiger partial charge in [-0.2, -0.15) is 0 Å². The normalized spacial score (nSPS) is 12.7. The molecule has 0 bridgehead atoms. The van der Waals surface area contributed by atoms with Crippen molar-refractivity contribution < 1.29 is 24.5 Å². The molecule has 0 saturated carbocycles. The standard InChI is InChI=1S/C86H163NO5/c1-3-5-7-9-11-13-15-17-18-19-20-21-39-42-45-48-51-55-58-62-66-70-74-78-84(89)83(82-88)87-85(90)79-75-71-67-63-59-56-52-49-46-43-40-37-35-33-31-29-27-25-23-22-24-26-28-30-32-34-36-38-41-44-47-50-53-57-61-65-69-73-77-81-92-86(91)80-76-72-68-64-60-54-16-14-12-10-8-6-4-2/h14,16,22-23,26,28,74,78,83-84,88-89H,3-13,15,17-21,24-25,27,29-73,75-77,79-82H2,1-2H3,(H,87,90)/b16-14-,23-22-,28-26-,78-74+. The SMILES string of the molecule is CCCCCC/C=C\CCCCCCCC(=O)OCCCCCCCCCCCCCCCCC/C=C\C/C=C\CCCCCCCCCCCCCCCCCCCC(=O)NC(CO)C(O)/C=C/CCCCCCCCCCCCCCCCCCCCCCC. The molecule has 0 aromatic carbocycles. The van der Waals surface area contributed by atoms with Crippen LogP contribution >= 0.6 is 0 Å². The zero-order chi connectivity index (χ0) is 66.3. The van der Waals surface area contributed by atoms with Gasteiger partial charge in [0.1, 0.15) is 0 Å². The highest BCUT2D eigenvalue weighted by molar-refractivity contribution is 5.76. The van der Waals surface area contributed by atoms with E-state index in [2.05, 4.69) is 55.6 Å². The van der Waals surface area contributed by atoms with Gasteiger partial charge in [0, 0.05) is 12.8 Å². The average Bonchev–Trinajstić information content (AvgIpc) is 3.48. The number of ether oxygens (including phenoxy) is 1. The van der Waals surface area contributed by atoms with E-state index in [1.54, 1.807) is 6.08 Å². The van der Waals surface area contributed by atoms with Gasteiger partial charge in [-0.15, -0.1) is 0 Å². The van der Waals surface area contributed by atoms with E-state index < -0.39 is 12.1 Å². The minimum absolute atomic E-state index is 0.0113. The van der Waals surface area contributed by atoms with Gasteiger partial charge in [0.2, 0.25) is 5.91 Å². The number of hydrogen-bond acceptors (Lipinski definition) is 5. The Morgan fingerprint density at radius 2 is 0.543 bits per heavy atom. The lowest BCUT2D eigenvalue weighted by molar-refractivity contribution is -0.143. The van der Waals surface area contributed by atoms with Crippen LogP contribution in [0.25, 0.3) is 0 Å². The summed E-state index contributed by atoms with van der Waals surface area (Å²) in [6.45, 7) is 4.93. The van der Waals surface area contributed by atoms with Crippen LogP contribution in [-0.2, 0) is 14.3 Å². The van der Waals surface area contributed by atoms with Gasteiger partial charge in [-0.3, -0.25) is 9.59 Å². The van der Waals surface area contributed by atoms with E-state index in [1.807, 2.05) is 6.08 Å². The lowest BCUT2D eigenvalue weighted by atomic mass is 10.0. The van der Waals surface area contributed by atoms with Crippen LogP contribution in [-0.4, -0.2) is 47.4 Å². The molecule has 0 fully saturated rings. The maximum Gasteiger partial charge on any atom is 0.305 e. The predicted octanol–water partition coefficient (Wildman–Crippen LogP) is 27.9. The van der Waals surface area contributed by atoms with Gasteiger partial charge in [0.05, 0.1) is 25.4 Å². The van der Waals surface area contributed by atoms with Gasteiger partial charge in [0.15, 0.2) is 0 Å². The third-order valence-corrected chi connectivity index (χ3v) is 19.6. The molecule has 0 spiro atoms. The molecular weight excluding hydrogens is 1130 g/mol. The number of carbonyl (C=O) groups is 2. The zero-order valence-corrected chi connectivity index (χ0v) is 62.3. The van der Waals surface area contributed by atoms with Crippen molar-refractivity contribution in [1.29, 1.82) is 0 Å². The Kier molecular flexibility index (Phi) is 79.3. The molecule has 0 heterocycles. The summed E-state index contributed by atoms with van der Waals surface area (Å²) >= 11 is 0. The molecule has 3 N–H and O–H groups in total. The first-order valence-electron chi connectivity index (χ1n) is 41.9. The number of aliphatic hydroxyl groups excluding tert-OH is 2. The molecule has 0 saturated heterocycles. The summed E-state index contributed by atoms with van der Waals surface area (Å²) in [6, 6.07) is -0.627. The van der Waals surface area contributed by atoms with Gasteiger partial charge in [-0.05, 0) is 89.9 Å². The Balaban J connectivity index is 3.38. The predicted molar refractivity (Wildman–Crippen MR) is 407 cm³/mol. The third kappa shape index (κ3) is 76.8. The number of aliphatic hydroxyl groups is 2. The van der Waals surface area contributed by atoms with Crippen LogP contribution in [0.1, 0.15) is 463 Å². The van der Waals surface area contributed by atoms with E-state index in [0.29, 0.717) is 19.4 Å². The largest absolute Gasteiger partial charge is 0.466 e. The fraction of sp³-hybridized carbons (Fsp3) is 0.884. The molecule has 0 radical (unpaired) electrons. The zero-order valence-electron chi connectivity index (χ0n) is 62.3. The van der Waals surface area contributed by atoms with Crippen molar-refractivity contribution >= 4 is 11.9 Å². The first kappa shape index (κ1) is 89.8. The first-order valence-corrected chi connectivity index (χ1v) is 41.9. The van der Waals surface area contributed by atoms with Gasteiger partial charge < -0.3 is 20.3 Å². The third-order valence-electron chi connectivity index (χ3n) is 19.6. The number of rotatable bonds is 79. The van der Waals surface area contributed by atoms with Crippen LogP contribution in [0.5, 0.6) is 0 Å². The van der Waals surface area contributed by atoms with Crippen molar-refractivity contribution in [2.45, 2.75) is 475 Å². The van der Waals surface area contributed by atoms with Crippen LogP contribution in [0.15, 0.2) is 48.6 Å². The van der Waals surface area contributed by atoms with Crippen molar-refractivity contribution in [2.24, 2.45) is 0 Å². The quantitative estimate of drug-likeness (QED) is 0.0320. The fourth-order valence-corrected chi connectivity index (χ4v) is 13.2. The lowest BCUT2D eigenvalue weighted by Gasteiger charge is -2.20. The monoisotopic (exact) mass is 1290 g/mol. The Labute approximate surface area is 576 Å². The minimum atomic E-state index is -0.844. The van der Waals surface area contributed by atoms with Crippen molar-refractivity contribution in [1.82, 2.24) is 5.32 Å². The van der Waals surface area contributed by atoms with Crippen LogP contribution in [0.4, 0.5) is 0 Å². The number of esters is 1. The van der Waals surface area contributed by atoms with E-state index in [4.69, 9.17) is 4.74 Å². The van der Waals surface area contributed by atoms with Crippen LogP contribution in [0, 0.1) is 0 Å². The molecule has 92 heavy (non-hydrogen) atoms. The minimum Gasteiger partial charge on any atom is -0.466 e. The molecule has 0 aromatic rings. The average molecular weight is 1290 g/mol. The van der Waals surface area contributed by atoms with Crippen LogP contribution in [0.2, 0.25) is 0 Å². The second-order valence-corrected chi connectivity index (χ2v) is 28.8. The molecule has 0 aromatic heterocycles. The lowest BCUT2D eigenvalue weighted by Crippen LogP contribution is -2.45. The number of nitrogens with one attached hydrogen (secondary N) is 1. The molecule has 2 atom stereocenters. The smallest absolute Gasteiger partial charge is 0.305 e. The fourth-order valence-electron chi connectivity index (χ4n) is 13.2. The second kappa shape index (κ2) is 81.2. The number of amides is 1. The van der Waals surface area contributed by atoms with Crippen molar-refractivity contribution in [3.63, 3.8) is 0 Å². The van der Waals surface area contributed by atoms with Crippen molar-refractivity contribution in [2.75, 3.05) is 13.2 Å². The summed E-state index contributed by atoms with van der Waals surface area (Å²) in [6.07, 6.45) is 108. The van der Waals surface area contributed by atoms with E-state index in [0.717, 1.165) is 51.4 Å². The molecule has 0 aliphatic carbocycles. The van der Waals surface area contributed by atoms with Gasteiger partial charge in [-0.25, -0.2) is 0 Å². The van der Waals surface area contributed by atoms with E-state index in [-0.39, 0.29) is 18.5 Å². The summed E-state index contributed by atoms with van der Waals surface area (Å²) in [4.78, 5) is 24.6. The van der Waals surface area contributed by atoms with Crippen molar-refractivity contribution in [3.8, 4) is 0 Å². The van der Waals surface area contributed by atoms with Crippen LogP contribution < -0.4 is 5.32 Å². The van der Waals surface area contributed by atoms with Gasteiger partial charge >= 0.3 is 5.97 Å². The molecule has 6 nitrogen and oxygen atoms in total.